The fourth-order valence-corrected chi connectivity index (χ4v) is 2.65. The fraction of sp³-hybridized carbons (Fsp3) is 0.556. The predicted octanol–water partition coefficient (Wildman–Crippen LogP) is -2.39. The molecule has 9 heteroatoms. The number of aryl methyl sites for hydroxylation is 1. The summed E-state index contributed by atoms with van der Waals surface area (Å²) in [6.45, 7) is 1.52. The molecule has 0 radical (unpaired) electrons. The summed E-state index contributed by atoms with van der Waals surface area (Å²) in [6, 6.07) is -0.521. The van der Waals surface area contributed by atoms with Crippen LogP contribution in [-0.2, 0) is 4.74 Å². The quantitative estimate of drug-likeness (QED) is 0.579. The van der Waals surface area contributed by atoms with Crippen LogP contribution in [-0.4, -0.2) is 26.9 Å². The maximum Gasteiger partial charge on any atom is 0.328 e. The van der Waals surface area contributed by atoms with Crippen LogP contribution >= 0.6 is 7.94 Å². The number of hydrogen-bond acceptors (Lipinski definition) is 6. The van der Waals surface area contributed by atoms with Crippen LogP contribution < -0.4 is 21.0 Å². The molecule has 1 aromatic rings. The molecule has 0 amide bonds. The lowest BCUT2D eigenvalue weighted by atomic mass is 10.2. The molecule has 2 atom stereocenters. The Labute approximate surface area is 102 Å². The van der Waals surface area contributed by atoms with E-state index in [2.05, 4.69) is 4.98 Å². The first-order valence-corrected chi connectivity index (χ1v) is 6.91. The fourth-order valence-electron chi connectivity index (χ4n) is 1.87. The van der Waals surface area contributed by atoms with Crippen LogP contribution in [0.25, 0.3) is 0 Å². The number of aromatic nitrogens is 2. The van der Waals surface area contributed by atoms with Gasteiger partial charge in [-0.15, -0.1) is 0 Å². The Bertz CT molecular complexity index is 559. The van der Waals surface area contributed by atoms with E-state index in [9.17, 15) is 19.4 Å². The number of ether oxygens (including phenoxy) is 1. The van der Waals surface area contributed by atoms with Crippen molar-refractivity contribution in [2.75, 3.05) is 6.61 Å². The molecule has 1 aromatic heterocycles. The lowest BCUT2D eigenvalue weighted by molar-refractivity contribution is -0.340. The van der Waals surface area contributed by atoms with Crippen LogP contribution in [0.4, 0.5) is 0 Å². The zero-order chi connectivity index (χ0) is 13.5. The summed E-state index contributed by atoms with van der Waals surface area (Å²) in [6.07, 6.45) is 1.33. The van der Waals surface area contributed by atoms with Crippen molar-refractivity contribution >= 4 is 7.94 Å². The van der Waals surface area contributed by atoms with Gasteiger partial charge in [-0.3, -0.25) is 19.2 Å². The molecular formula is C9H12N2O6P-. The minimum absolute atomic E-state index is 0.0111. The third-order valence-electron chi connectivity index (χ3n) is 2.86. The zero-order valence-corrected chi connectivity index (χ0v) is 10.4. The van der Waals surface area contributed by atoms with E-state index in [0.717, 1.165) is 0 Å². The van der Waals surface area contributed by atoms with E-state index >= 15 is 0 Å². The normalized spacial score (nSPS) is 24.4. The highest BCUT2D eigenvalue weighted by Crippen LogP contribution is 2.48. The Morgan fingerprint density at radius 3 is 2.78 bits per heavy atom. The third kappa shape index (κ3) is 2.52. The second-order valence-corrected chi connectivity index (χ2v) is 5.92. The van der Waals surface area contributed by atoms with Gasteiger partial charge in [0.2, 0.25) is 0 Å². The SMILES string of the molecule is Cc1cn([C@H]2CO[C@@H]([P+]([O-])([O-])O)C2)c(=O)[nH]c1=O. The second-order valence-electron chi connectivity index (χ2n) is 4.22. The summed E-state index contributed by atoms with van der Waals surface area (Å²) in [7, 11) is -4.57. The summed E-state index contributed by atoms with van der Waals surface area (Å²) in [5.74, 6) is -1.30. The molecule has 1 saturated heterocycles. The maximum atomic E-state index is 11.6. The van der Waals surface area contributed by atoms with Crippen molar-refractivity contribution in [2.45, 2.75) is 25.2 Å². The van der Waals surface area contributed by atoms with Gasteiger partial charge in [-0.2, -0.15) is 0 Å². The number of nitrogens with one attached hydrogen (secondary N) is 1. The van der Waals surface area contributed by atoms with E-state index in [4.69, 9.17) is 9.63 Å². The second kappa shape index (κ2) is 4.56. The molecule has 18 heavy (non-hydrogen) atoms. The molecule has 2 heterocycles. The molecule has 1 aliphatic rings. The summed E-state index contributed by atoms with van der Waals surface area (Å²) >= 11 is 0. The predicted molar refractivity (Wildman–Crippen MR) is 58.6 cm³/mol. The standard InChI is InChI=1S/C9H13N2O6P/c1-5-3-11(9(13)10-8(5)12)6-2-7(17-4-6)18(14,15)16/h3,6-7H,2,4H2,1H3,(H,10,12,13)(H2,14,15,16)/p-1/t6-,7+/m1/s1. The first-order chi connectivity index (χ1) is 8.29. The minimum atomic E-state index is -4.57. The Morgan fingerprint density at radius 1 is 1.56 bits per heavy atom. The molecule has 0 aliphatic carbocycles. The summed E-state index contributed by atoms with van der Waals surface area (Å²) in [5, 5.41) is 0. The summed E-state index contributed by atoms with van der Waals surface area (Å²) in [5.41, 5.74) is -0.769. The highest BCUT2D eigenvalue weighted by atomic mass is 31.2. The molecular weight excluding hydrogens is 263 g/mol. The molecule has 0 bridgehead atoms. The Kier molecular flexibility index (Phi) is 3.39. The number of rotatable bonds is 2. The van der Waals surface area contributed by atoms with Crippen LogP contribution in [0.1, 0.15) is 18.0 Å². The molecule has 1 aliphatic heterocycles. The van der Waals surface area contributed by atoms with Gasteiger partial charge in [0.15, 0.2) is 5.85 Å². The molecule has 2 N–H and O–H groups in total. The van der Waals surface area contributed by atoms with Gasteiger partial charge in [-0.1, -0.05) is 0 Å². The van der Waals surface area contributed by atoms with Crippen molar-refractivity contribution in [1.29, 1.82) is 0 Å². The molecule has 1 fully saturated rings. The largest absolute Gasteiger partial charge is 0.658 e. The van der Waals surface area contributed by atoms with Crippen LogP contribution in [0.3, 0.4) is 0 Å². The highest BCUT2D eigenvalue weighted by molar-refractivity contribution is 7.56. The average Bonchev–Trinajstić information content (AvgIpc) is 2.72. The van der Waals surface area contributed by atoms with Gasteiger partial charge >= 0.3 is 5.69 Å². The van der Waals surface area contributed by atoms with Gasteiger partial charge in [-0.25, -0.2) is 4.79 Å². The molecule has 0 saturated carbocycles. The van der Waals surface area contributed by atoms with Crippen molar-refractivity contribution in [1.82, 2.24) is 9.55 Å². The highest BCUT2D eigenvalue weighted by Gasteiger charge is 2.37. The van der Waals surface area contributed by atoms with Gasteiger partial charge in [0.25, 0.3) is 5.56 Å². The topological polar surface area (TPSA) is 130 Å². The van der Waals surface area contributed by atoms with Gasteiger partial charge in [0.05, 0.1) is 20.6 Å². The Morgan fingerprint density at radius 2 is 2.22 bits per heavy atom. The molecule has 2 rings (SSSR count). The number of aromatic amines is 1. The van der Waals surface area contributed by atoms with Crippen molar-refractivity contribution in [3.8, 4) is 0 Å². The molecule has 100 valence electrons. The van der Waals surface area contributed by atoms with Gasteiger partial charge < -0.3 is 14.5 Å². The van der Waals surface area contributed by atoms with Crippen LogP contribution in [0, 0.1) is 6.92 Å². The van der Waals surface area contributed by atoms with Crippen molar-refractivity contribution in [3.05, 3.63) is 32.6 Å². The van der Waals surface area contributed by atoms with E-state index in [1.54, 1.807) is 0 Å². The van der Waals surface area contributed by atoms with Crippen LogP contribution in [0.15, 0.2) is 15.8 Å². The van der Waals surface area contributed by atoms with Gasteiger partial charge in [0.1, 0.15) is 0 Å². The van der Waals surface area contributed by atoms with Gasteiger partial charge in [0, 0.05) is 18.2 Å². The Balaban J connectivity index is 2.28. The average molecular weight is 275 g/mol. The smallest absolute Gasteiger partial charge is 0.328 e. The zero-order valence-electron chi connectivity index (χ0n) is 9.53. The number of hydrogen-bond donors (Lipinski definition) is 2. The van der Waals surface area contributed by atoms with E-state index in [1.807, 2.05) is 0 Å². The molecule has 0 unspecified atom stereocenters. The van der Waals surface area contributed by atoms with Crippen molar-refractivity contribution in [3.63, 3.8) is 0 Å². The van der Waals surface area contributed by atoms with Crippen LogP contribution in [0.5, 0.6) is 0 Å². The van der Waals surface area contributed by atoms with E-state index in [1.165, 1.54) is 17.7 Å². The van der Waals surface area contributed by atoms with Crippen molar-refractivity contribution < 1.29 is 19.4 Å². The summed E-state index contributed by atoms with van der Waals surface area (Å²) < 4.78 is 6.15. The first kappa shape index (κ1) is 13.4. The molecule has 0 spiro atoms. The first-order valence-electron chi connectivity index (χ1n) is 5.26. The van der Waals surface area contributed by atoms with Gasteiger partial charge in [-0.05, 0) is 6.92 Å². The number of H-pyrrole nitrogens is 1. The van der Waals surface area contributed by atoms with Crippen molar-refractivity contribution in [2.24, 2.45) is 0 Å². The lowest BCUT2D eigenvalue weighted by Gasteiger charge is -2.32. The monoisotopic (exact) mass is 275 g/mol. The summed E-state index contributed by atoms with van der Waals surface area (Å²) in [4.78, 5) is 55.6. The Hall–Kier alpha value is -1.05. The minimum Gasteiger partial charge on any atom is -0.658 e. The number of nitrogens with zero attached hydrogens (tertiary/aromatic N) is 1. The molecule has 8 nitrogen and oxygen atoms in total. The van der Waals surface area contributed by atoms with E-state index in [0.29, 0.717) is 5.56 Å². The lowest BCUT2D eigenvalue weighted by Crippen LogP contribution is -2.34. The van der Waals surface area contributed by atoms with E-state index < -0.39 is 31.1 Å². The maximum absolute atomic E-state index is 11.6. The van der Waals surface area contributed by atoms with E-state index in [-0.39, 0.29) is 13.0 Å². The molecule has 0 aromatic carbocycles. The third-order valence-corrected chi connectivity index (χ3v) is 3.95. The van der Waals surface area contributed by atoms with Crippen LogP contribution in [0.2, 0.25) is 0 Å².